The standard InChI is InChI=1S/C32H31Cl2F2N3O7S/c1-47(44,45)38-25-11-4-5-12-26(25)39-28(23-14-13-20(33)16-24(23)34)27(21-9-2-3-10-22(21)30(39)41)29(40)37-46-17-18-7-6-8-19(15-18)32(35,36)31(42)43/h2-3,6-10,13-16,25-28,38H,4-5,11-12,17H2,1H3,(H,37,40)(H,42,43)/t25-,26-,27+,28-/m0/s1. The van der Waals surface area contributed by atoms with Crippen molar-refractivity contribution in [2.45, 2.75) is 62.3 Å². The van der Waals surface area contributed by atoms with E-state index >= 15 is 0 Å². The van der Waals surface area contributed by atoms with Crippen LogP contribution in [0.4, 0.5) is 8.78 Å². The Labute approximate surface area is 280 Å². The lowest BCUT2D eigenvalue weighted by atomic mass is 9.76. The van der Waals surface area contributed by atoms with E-state index in [-0.39, 0.29) is 22.8 Å². The molecule has 3 aromatic rings. The summed E-state index contributed by atoms with van der Waals surface area (Å²) >= 11 is 12.9. The number of hydroxylamine groups is 1. The minimum Gasteiger partial charge on any atom is -0.477 e. The highest BCUT2D eigenvalue weighted by atomic mass is 35.5. The highest BCUT2D eigenvalue weighted by molar-refractivity contribution is 7.88. The monoisotopic (exact) mass is 709 g/mol. The number of carboxylic acid groups (broad SMARTS) is 1. The summed E-state index contributed by atoms with van der Waals surface area (Å²) in [7, 11) is -3.66. The van der Waals surface area contributed by atoms with Gasteiger partial charge < -0.3 is 10.0 Å². The summed E-state index contributed by atoms with van der Waals surface area (Å²) in [6, 6.07) is 13.5. The van der Waals surface area contributed by atoms with Crippen LogP contribution in [0.25, 0.3) is 0 Å². The fraction of sp³-hybridized carbons (Fsp3) is 0.344. The van der Waals surface area contributed by atoms with E-state index in [1.807, 2.05) is 0 Å². The first-order valence-electron chi connectivity index (χ1n) is 14.6. The molecule has 0 saturated heterocycles. The van der Waals surface area contributed by atoms with Crippen molar-refractivity contribution in [3.8, 4) is 0 Å². The molecule has 2 aliphatic rings. The van der Waals surface area contributed by atoms with Crippen molar-refractivity contribution in [2.75, 3.05) is 6.26 Å². The molecule has 5 rings (SSSR count). The third-order valence-electron chi connectivity index (χ3n) is 8.36. The average molecular weight is 711 g/mol. The van der Waals surface area contributed by atoms with Gasteiger partial charge in [0.25, 0.3) is 11.8 Å². The van der Waals surface area contributed by atoms with Gasteiger partial charge in [0.05, 0.1) is 24.8 Å². The number of aliphatic carboxylic acids is 1. The first-order valence-corrected chi connectivity index (χ1v) is 17.3. The third kappa shape index (κ3) is 7.44. The summed E-state index contributed by atoms with van der Waals surface area (Å²) in [5, 5.41) is 9.40. The molecule has 4 atom stereocenters. The maximum absolute atomic E-state index is 14.3. The molecule has 3 aromatic carbocycles. The van der Waals surface area contributed by atoms with Gasteiger partial charge in [-0.3, -0.25) is 14.4 Å². The SMILES string of the molecule is CS(=O)(=O)N[C@H]1CCCC[C@@H]1N1C(=O)c2ccccc2[C@@H](C(=O)NOCc2cccc(C(F)(F)C(=O)O)c2)[C@@H]1c1ccc(Cl)cc1Cl. The molecule has 15 heteroatoms. The van der Waals surface area contributed by atoms with Crippen molar-refractivity contribution in [3.05, 3.63) is 105 Å². The number of hydrogen-bond acceptors (Lipinski definition) is 6. The predicted octanol–water partition coefficient (Wildman–Crippen LogP) is 5.56. The molecular weight excluding hydrogens is 679 g/mol. The zero-order valence-corrected chi connectivity index (χ0v) is 27.3. The number of nitrogens with zero attached hydrogens (tertiary/aromatic N) is 1. The van der Waals surface area contributed by atoms with Crippen molar-refractivity contribution in [2.24, 2.45) is 0 Å². The number of amides is 2. The molecule has 47 heavy (non-hydrogen) atoms. The normalized spacial score (nSPS) is 21.6. The van der Waals surface area contributed by atoms with E-state index in [1.165, 1.54) is 23.1 Å². The highest BCUT2D eigenvalue weighted by Crippen LogP contribution is 2.48. The molecule has 3 N–H and O–H groups in total. The lowest BCUT2D eigenvalue weighted by molar-refractivity contribution is -0.166. The van der Waals surface area contributed by atoms with Crippen molar-refractivity contribution in [1.82, 2.24) is 15.1 Å². The molecular formula is C32H31Cl2F2N3O7S. The van der Waals surface area contributed by atoms with E-state index < -0.39 is 63.3 Å². The van der Waals surface area contributed by atoms with E-state index in [0.29, 0.717) is 35.4 Å². The number of carbonyl (C=O) groups is 3. The van der Waals surface area contributed by atoms with Gasteiger partial charge >= 0.3 is 11.9 Å². The molecule has 1 heterocycles. The van der Waals surface area contributed by atoms with E-state index in [4.69, 9.17) is 33.1 Å². The number of carboxylic acids is 1. The maximum atomic E-state index is 14.3. The second-order valence-corrected chi connectivity index (χ2v) is 14.2. The molecule has 0 aromatic heterocycles. The molecule has 0 unspecified atom stereocenters. The molecule has 1 aliphatic carbocycles. The van der Waals surface area contributed by atoms with Crippen molar-refractivity contribution >= 4 is 51.0 Å². The Hall–Kier alpha value is -3.62. The van der Waals surface area contributed by atoms with Gasteiger partial charge in [0, 0.05) is 33.3 Å². The molecule has 10 nitrogen and oxygen atoms in total. The Morgan fingerprint density at radius 3 is 2.45 bits per heavy atom. The summed E-state index contributed by atoms with van der Waals surface area (Å²) in [5.74, 6) is -8.66. The van der Waals surface area contributed by atoms with Gasteiger partial charge in [-0.05, 0) is 53.8 Å². The van der Waals surface area contributed by atoms with Gasteiger partial charge in [-0.15, -0.1) is 0 Å². The minimum absolute atomic E-state index is 0.166. The van der Waals surface area contributed by atoms with Crippen LogP contribution in [0, 0.1) is 0 Å². The van der Waals surface area contributed by atoms with Crippen LogP contribution < -0.4 is 10.2 Å². The maximum Gasteiger partial charge on any atom is 0.379 e. The topological polar surface area (TPSA) is 142 Å². The Kier molecular flexibility index (Phi) is 10.2. The number of halogens is 4. The molecule has 0 radical (unpaired) electrons. The zero-order valence-electron chi connectivity index (χ0n) is 25.0. The van der Waals surface area contributed by atoms with Gasteiger partial charge in [-0.2, -0.15) is 8.78 Å². The third-order valence-corrected chi connectivity index (χ3v) is 9.66. The number of alkyl halides is 2. The van der Waals surface area contributed by atoms with E-state index in [9.17, 15) is 31.6 Å². The van der Waals surface area contributed by atoms with Crippen molar-refractivity contribution in [1.29, 1.82) is 0 Å². The number of sulfonamides is 1. The minimum atomic E-state index is -4.13. The van der Waals surface area contributed by atoms with Crippen LogP contribution in [0.15, 0.2) is 66.7 Å². The van der Waals surface area contributed by atoms with Crippen LogP contribution in [0.1, 0.15) is 70.3 Å². The lowest BCUT2D eigenvalue weighted by Crippen LogP contribution is -2.59. The van der Waals surface area contributed by atoms with Crippen LogP contribution >= 0.6 is 23.2 Å². The molecule has 250 valence electrons. The van der Waals surface area contributed by atoms with Gasteiger partial charge in [-0.1, -0.05) is 78.5 Å². The largest absolute Gasteiger partial charge is 0.477 e. The van der Waals surface area contributed by atoms with E-state index in [0.717, 1.165) is 24.8 Å². The zero-order chi connectivity index (χ0) is 34.1. The molecule has 1 saturated carbocycles. The van der Waals surface area contributed by atoms with Crippen LogP contribution in [-0.4, -0.2) is 54.5 Å². The molecule has 2 amide bonds. The second-order valence-electron chi connectivity index (χ2n) is 11.6. The first-order chi connectivity index (χ1) is 22.2. The average Bonchev–Trinajstić information content (AvgIpc) is 3.01. The lowest BCUT2D eigenvalue weighted by Gasteiger charge is -2.49. The Bertz CT molecular complexity index is 1810. The van der Waals surface area contributed by atoms with Crippen LogP contribution in [-0.2, 0) is 37.0 Å². The van der Waals surface area contributed by atoms with Crippen molar-refractivity contribution < 1.29 is 41.5 Å². The Morgan fingerprint density at radius 2 is 1.74 bits per heavy atom. The van der Waals surface area contributed by atoms with Crippen LogP contribution in [0.3, 0.4) is 0 Å². The van der Waals surface area contributed by atoms with Gasteiger partial charge in [0.2, 0.25) is 10.0 Å². The van der Waals surface area contributed by atoms with Gasteiger partial charge in [0.1, 0.15) is 0 Å². The molecule has 0 bridgehead atoms. The molecule has 1 aliphatic heterocycles. The van der Waals surface area contributed by atoms with E-state index in [2.05, 4.69) is 10.2 Å². The Balaban J connectivity index is 1.54. The molecule has 0 spiro atoms. The second kappa shape index (κ2) is 13.9. The first kappa shape index (κ1) is 34.7. The molecule has 1 fully saturated rings. The van der Waals surface area contributed by atoms with Crippen molar-refractivity contribution in [3.63, 3.8) is 0 Å². The van der Waals surface area contributed by atoms with Gasteiger partial charge in [-0.25, -0.2) is 23.4 Å². The van der Waals surface area contributed by atoms with Crippen LogP contribution in [0.2, 0.25) is 10.0 Å². The predicted molar refractivity (Wildman–Crippen MR) is 169 cm³/mol. The number of carbonyl (C=O) groups excluding carboxylic acids is 2. The summed E-state index contributed by atoms with van der Waals surface area (Å²) in [6.07, 6.45) is 3.39. The number of fused-ring (bicyclic) bond motifs is 1. The number of rotatable bonds is 10. The smallest absolute Gasteiger partial charge is 0.379 e. The highest BCUT2D eigenvalue weighted by Gasteiger charge is 2.49. The van der Waals surface area contributed by atoms with Gasteiger partial charge in [0.15, 0.2) is 0 Å². The summed E-state index contributed by atoms with van der Waals surface area (Å²) in [6.45, 7) is -0.387. The summed E-state index contributed by atoms with van der Waals surface area (Å²) in [5.41, 5.74) is 2.80. The Morgan fingerprint density at radius 1 is 1.02 bits per heavy atom. The fourth-order valence-electron chi connectivity index (χ4n) is 6.36. The van der Waals surface area contributed by atoms with E-state index in [1.54, 1.807) is 36.4 Å². The summed E-state index contributed by atoms with van der Waals surface area (Å²) in [4.78, 5) is 46.5. The van der Waals surface area contributed by atoms with Crippen LogP contribution in [0.5, 0.6) is 0 Å². The quantitative estimate of drug-likeness (QED) is 0.234. The fourth-order valence-corrected chi connectivity index (χ4v) is 7.71. The number of hydrogen-bond donors (Lipinski definition) is 3. The number of benzene rings is 3. The number of nitrogens with one attached hydrogen (secondary N) is 2. The summed E-state index contributed by atoms with van der Waals surface area (Å²) < 4.78 is 55.6.